The van der Waals surface area contributed by atoms with Gasteiger partial charge in [-0.3, -0.25) is 9.88 Å². The molecular weight excluding hydrogens is 258 g/mol. The van der Waals surface area contributed by atoms with Gasteiger partial charge in [-0.05, 0) is 56.2 Å². The molecule has 3 heteroatoms. The zero-order chi connectivity index (χ0) is 15.5. The van der Waals surface area contributed by atoms with Crippen molar-refractivity contribution in [2.75, 3.05) is 13.6 Å². The SMILES string of the molecule is CN(Cc1ccccn1)C1(CN)CCC(C(C)(C)C)CC1. The lowest BCUT2D eigenvalue weighted by Gasteiger charge is -2.48. The Labute approximate surface area is 129 Å². The van der Waals surface area contributed by atoms with Gasteiger partial charge in [0.15, 0.2) is 0 Å². The summed E-state index contributed by atoms with van der Waals surface area (Å²) in [4.78, 5) is 6.89. The molecule has 0 unspecified atom stereocenters. The van der Waals surface area contributed by atoms with Gasteiger partial charge in [0.1, 0.15) is 0 Å². The van der Waals surface area contributed by atoms with Crippen molar-refractivity contribution in [3.63, 3.8) is 0 Å². The van der Waals surface area contributed by atoms with Crippen molar-refractivity contribution in [3.05, 3.63) is 30.1 Å². The Bertz CT molecular complexity index is 428. The summed E-state index contributed by atoms with van der Waals surface area (Å²) in [5.74, 6) is 0.820. The van der Waals surface area contributed by atoms with Crippen LogP contribution in [0.25, 0.3) is 0 Å². The molecule has 0 spiro atoms. The van der Waals surface area contributed by atoms with E-state index in [1.54, 1.807) is 0 Å². The number of hydrogen-bond acceptors (Lipinski definition) is 3. The lowest BCUT2D eigenvalue weighted by molar-refractivity contribution is 0.0327. The number of nitrogens with two attached hydrogens (primary N) is 1. The van der Waals surface area contributed by atoms with Gasteiger partial charge < -0.3 is 5.73 Å². The van der Waals surface area contributed by atoms with Crippen LogP contribution >= 0.6 is 0 Å². The van der Waals surface area contributed by atoms with Crippen molar-refractivity contribution in [2.45, 2.75) is 58.5 Å². The first-order valence-corrected chi connectivity index (χ1v) is 8.19. The topological polar surface area (TPSA) is 42.2 Å². The first-order valence-electron chi connectivity index (χ1n) is 8.19. The lowest BCUT2D eigenvalue weighted by Crippen LogP contribution is -2.54. The summed E-state index contributed by atoms with van der Waals surface area (Å²) in [6.07, 6.45) is 6.85. The molecule has 1 aliphatic carbocycles. The number of aromatic nitrogens is 1. The Morgan fingerprint density at radius 2 is 1.95 bits per heavy atom. The van der Waals surface area contributed by atoms with E-state index in [4.69, 9.17) is 5.73 Å². The molecule has 0 saturated heterocycles. The van der Waals surface area contributed by atoms with Crippen LogP contribution in [0.15, 0.2) is 24.4 Å². The minimum atomic E-state index is 0.152. The molecule has 2 rings (SSSR count). The zero-order valence-corrected chi connectivity index (χ0v) is 14.1. The first-order chi connectivity index (χ1) is 9.87. The molecule has 118 valence electrons. The van der Waals surface area contributed by atoms with Crippen LogP contribution < -0.4 is 5.73 Å². The van der Waals surface area contributed by atoms with Crippen LogP contribution in [0, 0.1) is 11.3 Å². The van der Waals surface area contributed by atoms with Crippen LogP contribution in [0.3, 0.4) is 0 Å². The van der Waals surface area contributed by atoms with E-state index < -0.39 is 0 Å². The maximum absolute atomic E-state index is 6.19. The van der Waals surface area contributed by atoms with E-state index in [9.17, 15) is 0 Å². The molecule has 3 nitrogen and oxygen atoms in total. The second-order valence-corrected chi connectivity index (χ2v) is 7.75. The first kappa shape index (κ1) is 16.4. The van der Waals surface area contributed by atoms with Gasteiger partial charge >= 0.3 is 0 Å². The Morgan fingerprint density at radius 3 is 2.43 bits per heavy atom. The molecule has 1 aliphatic rings. The van der Waals surface area contributed by atoms with E-state index in [1.807, 2.05) is 12.3 Å². The Kier molecular flexibility index (Phi) is 5.05. The van der Waals surface area contributed by atoms with E-state index in [2.05, 4.69) is 49.8 Å². The standard InChI is InChI=1S/C18H31N3/c1-17(2,3)15-8-10-18(14-19,11-9-15)21(4)13-16-7-5-6-12-20-16/h5-7,12,15H,8-11,13-14,19H2,1-4H3. The molecule has 0 bridgehead atoms. The number of nitrogens with zero attached hydrogens (tertiary/aromatic N) is 2. The van der Waals surface area contributed by atoms with Gasteiger partial charge in [-0.15, -0.1) is 0 Å². The van der Waals surface area contributed by atoms with Crippen LogP contribution in [0.1, 0.15) is 52.1 Å². The highest BCUT2D eigenvalue weighted by Crippen LogP contribution is 2.43. The van der Waals surface area contributed by atoms with Gasteiger partial charge in [0, 0.05) is 24.8 Å². The number of pyridine rings is 1. The summed E-state index contributed by atoms with van der Waals surface area (Å²) in [6, 6.07) is 6.13. The summed E-state index contributed by atoms with van der Waals surface area (Å²) >= 11 is 0. The van der Waals surface area contributed by atoms with Crippen LogP contribution in [0.5, 0.6) is 0 Å². The molecule has 2 N–H and O–H groups in total. The predicted octanol–water partition coefficient (Wildman–Crippen LogP) is 3.45. The maximum atomic E-state index is 6.19. The molecule has 1 heterocycles. The second kappa shape index (κ2) is 6.45. The maximum Gasteiger partial charge on any atom is 0.0544 e. The quantitative estimate of drug-likeness (QED) is 0.923. The van der Waals surface area contributed by atoms with Crippen molar-refractivity contribution in [3.8, 4) is 0 Å². The predicted molar refractivity (Wildman–Crippen MR) is 88.9 cm³/mol. The van der Waals surface area contributed by atoms with Crippen LogP contribution in [0.2, 0.25) is 0 Å². The summed E-state index contributed by atoms with van der Waals surface area (Å²) in [5, 5.41) is 0. The van der Waals surface area contributed by atoms with Gasteiger partial charge in [-0.1, -0.05) is 26.8 Å². The van der Waals surface area contributed by atoms with Gasteiger partial charge in [0.25, 0.3) is 0 Å². The van der Waals surface area contributed by atoms with E-state index in [0.29, 0.717) is 5.41 Å². The van der Waals surface area contributed by atoms with E-state index in [1.165, 1.54) is 25.7 Å². The number of rotatable bonds is 4. The average Bonchev–Trinajstić information content (AvgIpc) is 2.47. The fourth-order valence-electron chi connectivity index (χ4n) is 3.67. The highest BCUT2D eigenvalue weighted by atomic mass is 15.2. The van der Waals surface area contributed by atoms with E-state index in [-0.39, 0.29) is 5.54 Å². The van der Waals surface area contributed by atoms with Gasteiger partial charge in [0.05, 0.1) is 5.69 Å². The molecule has 0 aliphatic heterocycles. The Morgan fingerprint density at radius 1 is 1.29 bits per heavy atom. The summed E-state index contributed by atoms with van der Waals surface area (Å²) in [5.41, 5.74) is 7.88. The Hall–Kier alpha value is -0.930. The summed E-state index contributed by atoms with van der Waals surface area (Å²) in [6.45, 7) is 8.73. The van der Waals surface area contributed by atoms with Crippen LogP contribution in [-0.2, 0) is 6.54 Å². The normalized spacial score (nSPS) is 27.0. The second-order valence-electron chi connectivity index (χ2n) is 7.75. The van der Waals surface area contributed by atoms with Crippen molar-refractivity contribution in [1.82, 2.24) is 9.88 Å². The van der Waals surface area contributed by atoms with Gasteiger partial charge in [0.2, 0.25) is 0 Å². The van der Waals surface area contributed by atoms with E-state index >= 15 is 0 Å². The lowest BCUT2D eigenvalue weighted by atomic mass is 9.67. The molecular formula is C18H31N3. The highest BCUT2D eigenvalue weighted by Gasteiger charge is 2.40. The third-order valence-electron chi connectivity index (χ3n) is 5.46. The van der Waals surface area contributed by atoms with Crippen molar-refractivity contribution in [1.29, 1.82) is 0 Å². The molecule has 1 aromatic heterocycles. The number of likely N-dealkylation sites (N-methyl/N-ethyl adjacent to an activating group) is 1. The smallest absolute Gasteiger partial charge is 0.0544 e. The third kappa shape index (κ3) is 3.83. The fraction of sp³-hybridized carbons (Fsp3) is 0.722. The fourth-order valence-corrected chi connectivity index (χ4v) is 3.67. The molecule has 0 amide bonds. The van der Waals surface area contributed by atoms with E-state index in [0.717, 1.165) is 24.7 Å². The highest BCUT2D eigenvalue weighted by molar-refractivity contribution is 5.05. The zero-order valence-electron chi connectivity index (χ0n) is 14.1. The minimum Gasteiger partial charge on any atom is -0.329 e. The molecule has 1 aromatic rings. The van der Waals surface area contributed by atoms with Crippen LogP contribution in [0.4, 0.5) is 0 Å². The van der Waals surface area contributed by atoms with Crippen molar-refractivity contribution < 1.29 is 0 Å². The van der Waals surface area contributed by atoms with Crippen molar-refractivity contribution >= 4 is 0 Å². The largest absolute Gasteiger partial charge is 0.329 e. The molecule has 0 radical (unpaired) electrons. The molecule has 0 atom stereocenters. The van der Waals surface area contributed by atoms with Crippen molar-refractivity contribution in [2.24, 2.45) is 17.1 Å². The van der Waals surface area contributed by atoms with Crippen LogP contribution in [-0.4, -0.2) is 29.0 Å². The summed E-state index contributed by atoms with van der Waals surface area (Å²) in [7, 11) is 2.21. The average molecular weight is 289 g/mol. The van der Waals surface area contributed by atoms with Gasteiger partial charge in [-0.25, -0.2) is 0 Å². The molecule has 1 fully saturated rings. The molecule has 0 aromatic carbocycles. The molecule has 1 saturated carbocycles. The molecule has 21 heavy (non-hydrogen) atoms. The summed E-state index contributed by atoms with van der Waals surface area (Å²) < 4.78 is 0. The Balaban J connectivity index is 2.02. The van der Waals surface area contributed by atoms with Gasteiger partial charge in [-0.2, -0.15) is 0 Å². The monoisotopic (exact) mass is 289 g/mol. The third-order valence-corrected chi connectivity index (χ3v) is 5.46. The number of hydrogen-bond donors (Lipinski definition) is 1. The minimum absolute atomic E-state index is 0.152.